The second-order valence-corrected chi connectivity index (χ2v) is 9.43. The van der Waals surface area contributed by atoms with Gasteiger partial charge < -0.3 is 9.80 Å². The lowest BCUT2D eigenvalue weighted by Gasteiger charge is -2.37. The third kappa shape index (κ3) is 4.54. The molecule has 0 spiro atoms. The first-order valence-electron chi connectivity index (χ1n) is 9.40. The van der Waals surface area contributed by atoms with E-state index in [-0.39, 0.29) is 9.92 Å². The summed E-state index contributed by atoms with van der Waals surface area (Å²) in [4.78, 5) is 17.0. The molecular weight excluding hydrogens is 461 g/mol. The fourth-order valence-electron chi connectivity index (χ4n) is 3.46. The van der Waals surface area contributed by atoms with Crippen LogP contribution >= 0.6 is 23.2 Å². The van der Waals surface area contributed by atoms with Crippen LogP contribution in [0.4, 0.5) is 11.4 Å². The first-order valence-corrected chi connectivity index (χ1v) is 11.7. The van der Waals surface area contributed by atoms with Crippen LogP contribution in [-0.2, 0) is 10.0 Å². The molecule has 0 amide bonds. The summed E-state index contributed by atoms with van der Waals surface area (Å²) >= 11 is 12.3. The summed E-state index contributed by atoms with van der Waals surface area (Å²) in [5.74, 6) is 0. The number of primary sulfonamides is 1. The van der Waals surface area contributed by atoms with Gasteiger partial charge in [0.05, 0.1) is 22.5 Å². The molecule has 0 bridgehead atoms. The molecule has 4 rings (SSSR count). The maximum absolute atomic E-state index is 12.8. The molecule has 11 heteroatoms. The number of hydrogen-bond acceptors (Lipinski definition) is 6. The summed E-state index contributed by atoms with van der Waals surface area (Å²) in [5.41, 5.74) is 1.66. The van der Waals surface area contributed by atoms with Crippen molar-refractivity contribution >= 4 is 44.6 Å². The zero-order valence-corrected chi connectivity index (χ0v) is 18.6. The van der Waals surface area contributed by atoms with E-state index in [1.807, 2.05) is 4.90 Å². The Hall–Kier alpha value is -2.59. The molecule has 0 saturated carbocycles. The second kappa shape index (κ2) is 8.51. The average Bonchev–Trinajstić information content (AvgIpc) is 2.76. The van der Waals surface area contributed by atoms with Gasteiger partial charge in [-0.1, -0.05) is 23.2 Å². The number of hydrogen-bond donors (Lipinski definition) is 1. The number of halogens is 2. The molecule has 1 saturated heterocycles. The van der Waals surface area contributed by atoms with Crippen molar-refractivity contribution < 1.29 is 8.42 Å². The Labute approximate surface area is 189 Å². The normalized spacial score (nSPS) is 14.7. The zero-order chi connectivity index (χ0) is 22.2. The molecule has 1 fully saturated rings. The van der Waals surface area contributed by atoms with E-state index >= 15 is 0 Å². The van der Waals surface area contributed by atoms with Crippen molar-refractivity contribution in [1.29, 1.82) is 0 Å². The van der Waals surface area contributed by atoms with Crippen molar-refractivity contribution in [3.63, 3.8) is 0 Å². The number of aromatic nitrogens is 2. The molecule has 1 aromatic heterocycles. The van der Waals surface area contributed by atoms with E-state index in [1.54, 1.807) is 42.6 Å². The molecule has 0 aliphatic carbocycles. The zero-order valence-electron chi connectivity index (χ0n) is 16.3. The van der Waals surface area contributed by atoms with Crippen LogP contribution in [-0.4, -0.2) is 44.4 Å². The van der Waals surface area contributed by atoms with Crippen LogP contribution in [0.1, 0.15) is 0 Å². The third-order valence-corrected chi connectivity index (χ3v) is 6.66. The lowest BCUT2D eigenvalue weighted by molar-refractivity contribution is 0.597. The van der Waals surface area contributed by atoms with Gasteiger partial charge in [0.15, 0.2) is 0 Å². The van der Waals surface area contributed by atoms with Gasteiger partial charge in [0.1, 0.15) is 5.02 Å². The van der Waals surface area contributed by atoms with Gasteiger partial charge >= 0.3 is 0 Å². The second-order valence-electron chi connectivity index (χ2n) is 7.05. The van der Waals surface area contributed by atoms with E-state index < -0.39 is 15.6 Å². The Morgan fingerprint density at radius 1 is 0.839 bits per heavy atom. The van der Waals surface area contributed by atoms with E-state index in [2.05, 4.69) is 10.00 Å². The minimum atomic E-state index is -3.72. The molecule has 0 atom stereocenters. The highest BCUT2D eigenvalue weighted by Gasteiger charge is 2.22. The molecule has 0 radical (unpaired) electrons. The average molecular weight is 480 g/mol. The molecular formula is C20H19Cl2N5O3S. The molecule has 31 heavy (non-hydrogen) atoms. The van der Waals surface area contributed by atoms with Crippen molar-refractivity contribution in [1.82, 2.24) is 9.78 Å². The van der Waals surface area contributed by atoms with Crippen molar-refractivity contribution in [3.8, 4) is 5.69 Å². The Balaban J connectivity index is 1.49. The summed E-state index contributed by atoms with van der Waals surface area (Å²) in [5, 5.41) is 10.1. The van der Waals surface area contributed by atoms with Crippen LogP contribution in [0.25, 0.3) is 5.69 Å². The van der Waals surface area contributed by atoms with Crippen LogP contribution < -0.4 is 20.5 Å². The largest absolute Gasteiger partial charge is 0.368 e. The number of piperazine rings is 1. The van der Waals surface area contributed by atoms with Crippen molar-refractivity contribution in [3.05, 3.63) is 75.1 Å². The molecule has 1 aliphatic rings. The van der Waals surface area contributed by atoms with Gasteiger partial charge in [0.2, 0.25) is 10.0 Å². The molecule has 0 unspecified atom stereocenters. The molecule has 2 aromatic carbocycles. The topological polar surface area (TPSA) is 102 Å². The van der Waals surface area contributed by atoms with Gasteiger partial charge in [-0.2, -0.15) is 9.78 Å². The Morgan fingerprint density at radius 2 is 1.39 bits per heavy atom. The van der Waals surface area contributed by atoms with Crippen LogP contribution in [0.5, 0.6) is 0 Å². The highest BCUT2D eigenvalue weighted by Crippen LogP contribution is 2.25. The summed E-state index contributed by atoms with van der Waals surface area (Å²) in [7, 11) is -3.72. The quantitative estimate of drug-likeness (QED) is 0.616. The summed E-state index contributed by atoms with van der Waals surface area (Å²) in [6, 6.07) is 13.2. The fraction of sp³-hybridized carbons (Fsp3) is 0.200. The lowest BCUT2D eigenvalue weighted by atomic mass is 10.2. The SMILES string of the molecule is NS(=O)(=O)c1ccc(N2CCN(c3cnn(-c4ccc(Cl)cc4)c(=O)c3Cl)CC2)cc1. The minimum absolute atomic E-state index is 0.0778. The number of anilines is 2. The van der Waals surface area contributed by atoms with E-state index in [0.29, 0.717) is 42.6 Å². The van der Waals surface area contributed by atoms with Crippen molar-refractivity contribution in [2.45, 2.75) is 4.90 Å². The lowest BCUT2D eigenvalue weighted by Crippen LogP contribution is -2.47. The van der Waals surface area contributed by atoms with Gasteiger partial charge in [0.25, 0.3) is 5.56 Å². The Morgan fingerprint density at radius 3 is 1.97 bits per heavy atom. The first-order chi connectivity index (χ1) is 14.7. The predicted molar refractivity (Wildman–Crippen MR) is 122 cm³/mol. The highest BCUT2D eigenvalue weighted by atomic mass is 35.5. The number of sulfonamides is 1. The third-order valence-electron chi connectivity index (χ3n) is 5.12. The number of rotatable bonds is 4. The van der Waals surface area contributed by atoms with Crippen molar-refractivity contribution in [2.75, 3.05) is 36.0 Å². The monoisotopic (exact) mass is 479 g/mol. The Kier molecular flexibility index (Phi) is 5.94. The molecule has 3 aromatic rings. The van der Waals surface area contributed by atoms with Crippen molar-refractivity contribution in [2.24, 2.45) is 5.14 Å². The smallest absolute Gasteiger partial charge is 0.292 e. The fourth-order valence-corrected chi connectivity index (χ4v) is 4.35. The van der Waals surface area contributed by atoms with Gasteiger partial charge in [-0.15, -0.1) is 0 Å². The van der Waals surface area contributed by atoms with E-state index in [0.717, 1.165) is 5.69 Å². The van der Waals surface area contributed by atoms with Gasteiger partial charge in [0, 0.05) is 36.9 Å². The maximum atomic E-state index is 12.8. The van der Waals surface area contributed by atoms with E-state index in [1.165, 1.54) is 16.8 Å². The molecule has 2 heterocycles. The maximum Gasteiger partial charge on any atom is 0.292 e. The van der Waals surface area contributed by atoms with Crippen LogP contribution in [0.15, 0.2) is 64.4 Å². The first kappa shape index (κ1) is 21.6. The van der Waals surface area contributed by atoms with E-state index in [4.69, 9.17) is 28.3 Å². The predicted octanol–water partition coefficient (Wildman–Crippen LogP) is 2.51. The van der Waals surface area contributed by atoms with Gasteiger partial charge in [-0.05, 0) is 48.5 Å². The summed E-state index contributed by atoms with van der Waals surface area (Å²) < 4.78 is 24.1. The van der Waals surface area contributed by atoms with Gasteiger partial charge in [-0.25, -0.2) is 13.6 Å². The number of nitrogens with zero attached hydrogens (tertiary/aromatic N) is 4. The molecule has 162 valence electrons. The molecule has 8 nitrogen and oxygen atoms in total. The number of nitrogens with two attached hydrogens (primary N) is 1. The van der Waals surface area contributed by atoms with Gasteiger partial charge in [-0.3, -0.25) is 4.79 Å². The molecule has 2 N–H and O–H groups in total. The number of benzene rings is 2. The Bertz CT molecular complexity index is 1250. The highest BCUT2D eigenvalue weighted by molar-refractivity contribution is 7.89. The van der Waals surface area contributed by atoms with Crippen LogP contribution in [0.2, 0.25) is 10.0 Å². The van der Waals surface area contributed by atoms with Crippen LogP contribution in [0, 0.1) is 0 Å². The minimum Gasteiger partial charge on any atom is -0.368 e. The molecule has 1 aliphatic heterocycles. The van der Waals surface area contributed by atoms with Crippen LogP contribution in [0.3, 0.4) is 0 Å². The summed E-state index contributed by atoms with van der Waals surface area (Å²) in [6.45, 7) is 2.60. The van der Waals surface area contributed by atoms with E-state index in [9.17, 15) is 13.2 Å². The standard InChI is InChI=1S/C20H19Cl2N5O3S/c21-14-1-3-16(4-2-14)27-20(28)19(22)18(13-24-27)26-11-9-25(10-12-26)15-5-7-17(8-6-15)31(23,29)30/h1-8,13H,9-12H2,(H2,23,29,30). The summed E-state index contributed by atoms with van der Waals surface area (Å²) in [6.07, 6.45) is 1.59.